The van der Waals surface area contributed by atoms with E-state index in [0.29, 0.717) is 24.0 Å². The van der Waals surface area contributed by atoms with E-state index in [4.69, 9.17) is 0 Å². The number of aromatic amines is 1. The van der Waals surface area contributed by atoms with Crippen LogP contribution in [-0.2, 0) is 6.54 Å². The molecule has 134 valence electrons. The first-order valence-corrected chi connectivity index (χ1v) is 9.62. The molecule has 0 saturated carbocycles. The number of hydrogen-bond donors (Lipinski definition) is 1. The van der Waals surface area contributed by atoms with Crippen LogP contribution in [0.3, 0.4) is 0 Å². The largest absolute Gasteiger partial charge is 0.346 e. The van der Waals surface area contributed by atoms with Crippen LogP contribution in [0, 0.1) is 0 Å². The molecule has 1 aromatic carbocycles. The Hall–Kier alpha value is -2.51. The van der Waals surface area contributed by atoms with E-state index in [-0.39, 0.29) is 11.6 Å². The molecule has 3 heterocycles. The number of carbonyl (C=O) groups excluding carboxylic acids is 1. The highest BCUT2D eigenvalue weighted by atomic mass is 32.1. The lowest BCUT2D eigenvalue weighted by Gasteiger charge is -2.21. The maximum Gasteiger partial charge on any atom is 0.346 e. The van der Waals surface area contributed by atoms with Gasteiger partial charge in [-0.1, -0.05) is 24.3 Å². The molecular weight excluding hydrogens is 348 g/mol. The van der Waals surface area contributed by atoms with Crippen LogP contribution < -0.4 is 5.69 Å². The van der Waals surface area contributed by atoms with Gasteiger partial charge in [0.1, 0.15) is 5.69 Å². The van der Waals surface area contributed by atoms with Gasteiger partial charge in [0.25, 0.3) is 5.91 Å². The molecule has 0 atom stereocenters. The zero-order valence-corrected chi connectivity index (χ0v) is 15.2. The molecule has 1 N–H and O–H groups in total. The van der Waals surface area contributed by atoms with E-state index >= 15 is 0 Å². The van der Waals surface area contributed by atoms with E-state index in [1.807, 2.05) is 23.1 Å². The summed E-state index contributed by atoms with van der Waals surface area (Å²) in [5.41, 5.74) is 0.405. The fourth-order valence-electron chi connectivity index (χ4n) is 3.37. The Morgan fingerprint density at radius 1 is 1.12 bits per heavy atom. The van der Waals surface area contributed by atoms with Crippen molar-refractivity contribution in [3.8, 4) is 0 Å². The van der Waals surface area contributed by atoms with Crippen molar-refractivity contribution in [3.63, 3.8) is 0 Å². The lowest BCUT2D eigenvalue weighted by atomic mass is 10.1. The number of amides is 1. The number of nitrogens with zero attached hydrogens (tertiary/aromatic N) is 3. The number of nitrogens with one attached hydrogen (secondary N) is 1. The quantitative estimate of drug-likeness (QED) is 0.770. The summed E-state index contributed by atoms with van der Waals surface area (Å²) in [4.78, 5) is 37.1. The number of aromatic nitrogens is 2. The van der Waals surface area contributed by atoms with Crippen molar-refractivity contribution in [2.75, 3.05) is 26.2 Å². The lowest BCUT2D eigenvalue weighted by Crippen LogP contribution is -2.36. The summed E-state index contributed by atoms with van der Waals surface area (Å²) in [6, 6.07) is 11.5. The molecule has 3 aromatic rings. The molecule has 7 heteroatoms. The number of fused-ring (bicyclic) bond motifs is 1. The number of carbonyl (C=O) groups is 1. The highest BCUT2D eigenvalue weighted by Crippen LogP contribution is 2.17. The maximum atomic E-state index is 13.0. The Labute approximate surface area is 155 Å². The molecule has 0 spiro atoms. The fraction of sp³-hybridized carbons (Fsp3) is 0.316. The van der Waals surface area contributed by atoms with Crippen LogP contribution in [0.15, 0.2) is 46.6 Å². The Morgan fingerprint density at radius 2 is 2.00 bits per heavy atom. The molecular formula is C19H20N4O2S. The van der Waals surface area contributed by atoms with E-state index < -0.39 is 5.69 Å². The van der Waals surface area contributed by atoms with Gasteiger partial charge in [-0.2, -0.15) is 4.98 Å². The molecule has 0 bridgehead atoms. The van der Waals surface area contributed by atoms with E-state index in [0.717, 1.165) is 26.1 Å². The molecule has 0 radical (unpaired) electrons. The molecule has 4 rings (SSSR count). The number of hydrogen-bond acceptors (Lipinski definition) is 5. The fourth-order valence-corrected chi connectivity index (χ4v) is 4.12. The molecule has 1 aliphatic rings. The van der Waals surface area contributed by atoms with E-state index in [9.17, 15) is 9.59 Å². The highest BCUT2D eigenvalue weighted by Gasteiger charge is 2.23. The standard InChI is InChI=1S/C19H20N4O2S/c24-18(17-15-6-1-2-7-16(15)20-19(25)21-17)23-9-4-8-22(10-11-23)13-14-5-3-12-26-14/h1-3,5-7,12H,4,8-11,13H2,(H,20,21,25). The third-order valence-electron chi connectivity index (χ3n) is 4.67. The molecule has 1 saturated heterocycles. The minimum Gasteiger partial charge on any atom is -0.336 e. The molecule has 6 nitrogen and oxygen atoms in total. The molecule has 1 amide bonds. The number of rotatable bonds is 3. The predicted octanol–water partition coefficient (Wildman–Crippen LogP) is 2.33. The van der Waals surface area contributed by atoms with Gasteiger partial charge >= 0.3 is 5.69 Å². The van der Waals surface area contributed by atoms with Crippen molar-refractivity contribution in [2.45, 2.75) is 13.0 Å². The number of para-hydroxylation sites is 1. The SMILES string of the molecule is O=C(c1nc(=O)[nH]c2ccccc12)N1CCCN(Cc2cccs2)CC1. The first-order chi connectivity index (χ1) is 12.7. The summed E-state index contributed by atoms with van der Waals surface area (Å²) in [7, 11) is 0. The zero-order valence-electron chi connectivity index (χ0n) is 14.4. The number of thiophene rings is 1. The molecule has 2 aromatic heterocycles. The summed E-state index contributed by atoms with van der Waals surface area (Å²) in [6.45, 7) is 4.04. The second-order valence-corrected chi connectivity index (χ2v) is 7.47. The zero-order chi connectivity index (χ0) is 17.9. The number of benzene rings is 1. The van der Waals surface area contributed by atoms with Crippen molar-refractivity contribution in [1.82, 2.24) is 19.8 Å². The Bertz CT molecular complexity index is 967. The Kier molecular flexibility index (Phi) is 4.81. The van der Waals surface area contributed by atoms with Gasteiger partial charge in [0.2, 0.25) is 0 Å². The lowest BCUT2D eigenvalue weighted by molar-refractivity contribution is 0.0757. The van der Waals surface area contributed by atoms with E-state index in [1.54, 1.807) is 17.4 Å². The third-order valence-corrected chi connectivity index (χ3v) is 5.54. The Morgan fingerprint density at radius 3 is 2.85 bits per heavy atom. The normalized spacial score (nSPS) is 15.9. The summed E-state index contributed by atoms with van der Waals surface area (Å²) in [5, 5.41) is 2.78. The average Bonchev–Trinajstić information content (AvgIpc) is 3.04. The van der Waals surface area contributed by atoms with Crippen molar-refractivity contribution in [3.05, 3.63) is 62.8 Å². The monoisotopic (exact) mass is 368 g/mol. The molecule has 0 unspecified atom stereocenters. The van der Waals surface area contributed by atoms with Crippen LogP contribution in [0.1, 0.15) is 21.8 Å². The van der Waals surface area contributed by atoms with Crippen LogP contribution in [-0.4, -0.2) is 51.9 Å². The van der Waals surface area contributed by atoms with Gasteiger partial charge in [0.05, 0.1) is 5.52 Å². The van der Waals surface area contributed by atoms with Crippen molar-refractivity contribution in [2.24, 2.45) is 0 Å². The van der Waals surface area contributed by atoms with Crippen molar-refractivity contribution in [1.29, 1.82) is 0 Å². The highest BCUT2D eigenvalue weighted by molar-refractivity contribution is 7.09. The topological polar surface area (TPSA) is 69.3 Å². The van der Waals surface area contributed by atoms with Gasteiger partial charge in [-0.15, -0.1) is 11.3 Å². The van der Waals surface area contributed by atoms with E-state index in [1.165, 1.54) is 4.88 Å². The minimum atomic E-state index is -0.485. The predicted molar refractivity (Wildman–Crippen MR) is 102 cm³/mol. The summed E-state index contributed by atoms with van der Waals surface area (Å²) >= 11 is 1.76. The second-order valence-electron chi connectivity index (χ2n) is 6.44. The summed E-state index contributed by atoms with van der Waals surface area (Å²) < 4.78 is 0. The van der Waals surface area contributed by atoms with Gasteiger partial charge in [0, 0.05) is 43.0 Å². The molecule has 1 fully saturated rings. The van der Waals surface area contributed by atoms with Gasteiger partial charge in [-0.25, -0.2) is 4.79 Å². The third kappa shape index (κ3) is 3.54. The minimum absolute atomic E-state index is 0.162. The second kappa shape index (κ2) is 7.39. The van der Waals surface area contributed by atoms with Crippen LogP contribution in [0.25, 0.3) is 10.9 Å². The van der Waals surface area contributed by atoms with Gasteiger partial charge in [-0.05, 0) is 23.9 Å². The van der Waals surface area contributed by atoms with Crippen LogP contribution >= 0.6 is 11.3 Å². The van der Waals surface area contributed by atoms with E-state index in [2.05, 4.69) is 32.4 Å². The average molecular weight is 368 g/mol. The van der Waals surface area contributed by atoms with Crippen molar-refractivity contribution < 1.29 is 4.79 Å². The smallest absolute Gasteiger partial charge is 0.336 e. The van der Waals surface area contributed by atoms with Crippen molar-refractivity contribution >= 4 is 28.1 Å². The van der Waals surface area contributed by atoms with Gasteiger partial charge in [-0.3, -0.25) is 9.69 Å². The number of H-pyrrole nitrogens is 1. The summed E-state index contributed by atoms with van der Waals surface area (Å²) in [6.07, 6.45) is 0.915. The first kappa shape index (κ1) is 16.9. The van der Waals surface area contributed by atoms with Gasteiger partial charge in [0.15, 0.2) is 0 Å². The Balaban J connectivity index is 1.53. The summed E-state index contributed by atoms with van der Waals surface area (Å²) in [5.74, 6) is -0.162. The molecule has 0 aliphatic carbocycles. The van der Waals surface area contributed by atoms with Crippen LogP contribution in [0.2, 0.25) is 0 Å². The van der Waals surface area contributed by atoms with Crippen LogP contribution in [0.5, 0.6) is 0 Å². The van der Waals surface area contributed by atoms with Crippen LogP contribution in [0.4, 0.5) is 0 Å². The van der Waals surface area contributed by atoms with Gasteiger partial charge < -0.3 is 9.88 Å². The molecule has 26 heavy (non-hydrogen) atoms. The maximum absolute atomic E-state index is 13.0. The first-order valence-electron chi connectivity index (χ1n) is 8.74. The molecule has 1 aliphatic heterocycles.